The van der Waals surface area contributed by atoms with Gasteiger partial charge in [0.1, 0.15) is 4.88 Å². The molecule has 94 valence electrons. The molecule has 0 fully saturated rings. The number of hydrogen-bond acceptors (Lipinski definition) is 5. The Morgan fingerprint density at radius 3 is 2.71 bits per heavy atom. The van der Waals surface area contributed by atoms with Gasteiger partial charge in [0.05, 0.1) is 16.7 Å². The van der Waals surface area contributed by atoms with Crippen molar-refractivity contribution in [2.75, 3.05) is 0 Å². The van der Waals surface area contributed by atoms with Gasteiger partial charge in [-0.3, -0.25) is 4.79 Å². The first-order valence-corrected chi connectivity index (χ1v) is 6.56. The van der Waals surface area contributed by atoms with E-state index in [1.54, 1.807) is 0 Å². The van der Waals surface area contributed by atoms with Crippen molar-refractivity contribution in [2.45, 2.75) is 33.2 Å². The third-order valence-corrected chi connectivity index (χ3v) is 3.38. The minimum Gasteiger partial charge on any atom is -0.392 e. The number of aryl methyl sites for hydroxylation is 1. The summed E-state index contributed by atoms with van der Waals surface area (Å²) < 4.78 is 3.78. The van der Waals surface area contributed by atoms with E-state index < -0.39 is 0 Å². The van der Waals surface area contributed by atoms with Gasteiger partial charge in [0.25, 0.3) is 5.91 Å². The quantitative estimate of drug-likeness (QED) is 0.786. The fourth-order valence-corrected chi connectivity index (χ4v) is 2.37. The topological polar surface area (TPSA) is 80.9 Å². The molecule has 17 heavy (non-hydrogen) atoms. The van der Waals surface area contributed by atoms with Crippen molar-refractivity contribution >= 4 is 34.6 Å². The average Bonchev–Trinajstić information content (AvgIpc) is 2.72. The lowest BCUT2D eigenvalue weighted by Gasteiger charge is -2.20. The number of hydrogen-bond donors (Lipinski definition) is 2. The lowest BCUT2D eigenvalue weighted by Crippen LogP contribution is -2.46. The Kier molecular flexibility index (Phi) is 4.95. The van der Waals surface area contributed by atoms with Crippen LogP contribution in [0.25, 0.3) is 0 Å². The number of carbonyl (C=O) groups is 1. The third-order valence-electron chi connectivity index (χ3n) is 2.36. The summed E-state index contributed by atoms with van der Waals surface area (Å²) in [6, 6.07) is -0.302. The van der Waals surface area contributed by atoms with Crippen LogP contribution in [0.5, 0.6) is 0 Å². The molecule has 0 bridgehead atoms. The highest BCUT2D eigenvalue weighted by Crippen LogP contribution is 2.12. The van der Waals surface area contributed by atoms with Crippen molar-refractivity contribution in [3.63, 3.8) is 0 Å². The first-order chi connectivity index (χ1) is 7.97. The number of amides is 1. The van der Waals surface area contributed by atoms with Gasteiger partial charge in [-0.15, -0.1) is 5.10 Å². The maximum absolute atomic E-state index is 12.0. The van der Waals surface area contributed by atoms with E-state index in [-0.39, 0.29) is 17.9 Å². The molecule has 1 aromatic heterocycles. The summed E-state index contributed by atoms with van der Waals surface area (Å²) in [6.07, 6.45) is 0.679. The van der Waals surface area contributed by atoms with E-state index in [1.807, 2.05) is 20.8 Å². The molecule has 0 spiro atoms. The molecule has 1 unspecified atom stereocenters. The van der Waals surface area contributed by atoms with Crippen LogP contribution < -0.4 is 11.1 Å². The van der Waals surface area contributed by atoms with E-state index in [9.17, 15) is 4.79 Å². The average molecular weight is 272 g/mol. The molecular weight excluding hydrogens is 256 g/mol. The van der Waals surface area contributed by atoms with E-state index in [0.717, 1.165) is 11.5 Å². The Morgan fingerprint density at radius 2 is 2.24 bits per heavy atom. The molecule has 0 aliphatic rings. The Hall–Kier alpha value is -1.08. The van der Waals surface area contributed by atoms with Gasteiger partial charge >= 0.3 is 0 Å². The summed E-state index contributed by atoms with van der Waals surface area (Å²) in [4.78, 5) is 12.8. The Bertz CT molecular complexity index is 416. The summed E-state index contributed by atoms with van der Waals surface area (Å²) in [5, 5.41) is 6.71. The van der Waals surface area contributed by atoms with Crippen LogP contribution in [0.2, 0.25) is 0 Å². The maximum Gasteiger partial charge on any atom is 0.265 e. The standard InChI is InChI=1S/C10H16N4OS2/c1-4-6-8(17-14-13-6)10(15)12-7(5(2)3)9(11)16/h5,7H,4H2,1-3H3,(H2,11,16)(H,12,15). The minimum atomic E-state index is -0.302. The molecule has 0 saturated carbocycles. The van der Waals surface area contributed by atoms with Crippen LogP contribution in [0.1, 0.15) is 36.1 Å². The lowest BCUT2D eigenvalue weighted by molar-refractivity contribution is 0.0943. The van der Waals surface area contributed by atoms with Crippen molar-refractivity contribution in [1.29, 1.82) is 0 Å². The predicted octanol–water partition coefficient (Wildman–Crippen LogP) is 1.14. The van der Waals surface area contributed by atoms with Gasteiger partial charge in [0.2, 0.25) is 0 Å². The molecule has 0 aliphatic heterocycles. The van der Waals surface area contributed by atoms with Gasteiger partial charge in [-0.05, 0) is 23.9 Å². The van der Waals surface area contributed by atoms with Gasteiger partial charge in [-0.1, -0.05) is 37.5 Å². The first kappa shape index (κ1) is 14.0. The van der Waals surface area contributed by atoms with Crippen LogP contribution in [0.4, 0.5) is 0 Å². The molecule has 1 heterocycles. The van der Waals surface area contributed by atoms with Gasteiger partial charge in [0.15, 0.2) is 0 Å². The second-order valence-corrected chi connectivity index (χ2v) is 5.23. The first-order valence-electron chi connectivity index (χ1n) is 5.38. The van der Waals surface area contributed by atoms with Gasteiger partial charge in [-0.2, -0.15) is 0 Å². The van der Waals surface area contributed by atoms with Crippen molar-refractivity contribution in [3.05, 3.63) is 10.6 Å². The fourth-order valence-electron chi connectivity index (χ4n) is 1.39. The molecule has 0 aliphatic carbocycles. The summed E-state index contributed by atoms with van der Waals surface area (Å²) >= 11 is 6.03. The fraction of sp³-hybridized carbons (Fsp3) is 0.600. The maximum atomic E-state index is 12.0. The molecule has 1 atom stereocenters. The number of aromatic nitrogens is 2. The van der Waals surface area contributed by atoms with Crippen LogP contribution in [0.15, 0.2) is 0 Å². The van der Waals surface area contributed by atoms with Crippen LogP contribution in [0, 0.1) is 5.92 Å². The molecule has 0 aromatic carbocycles. The zero-order valence-corrected chi connectivity index (χ0v) is 11.7. The number of nitrogens with two attached hydrogens (primary N) is 1. The minimum absolute atomic E-state index is 0.155. The van der Waals surface area contributed by atoms with Crippen LogP contribution in [-0.4, -0.2) is 26.5 Å². The molecule has 5 nitrogen and oxygen atoms in total. The Morgan fingerprint density at radius 1 is 1.59 bits per heavy atom. The molecule has 1 aromatic rings. The van der Waals surface area contributed by atoms with Crippen molar-refractivity contribution in [2.24, 2.45) is 11.7 Å². The highest BCUT2D eigenvalue weighted by Gasteiger charge is 2.22. The van der Waals surface area contributed by atoms with Crippen LogP contribution in [-0.2, 0) is 6.42 Å². The molecular formula is C10H16N4OS2. The highest BCUT2D eigenvalue weighted by molar-refractivity contribution is 7.80. The Balaban J connectivity index is 2.81. The number of rotatable bonds is 5. The summed E-state index contributed by atoms with van der Waals surface area (Å²) in [5.74, 6) is -0.0502. The third kappa shape index (κ3) is 3.44. The summed E-state index contributed by atoms with van der Waals surface area (Å²) in [5.41, 5.74) is 6.31. The lowest BCUT2D eigenvalue weighted by atomic mass is 10.0. The SMILES string of the molecule is CCc1nnsc1C(=O)NC(C(N)=S)C(C)C. The predicted molar refractivity (Wildman–Crippen MR) is 72.2 cm³/mol. The van der Waals surface area contributed by atoms with Crippen LogP contribution >= 0.6 is 23.8 Å². The van der Waals surface area contributed by atoms with Gasteiger partial charge in [0, 0.05) is 0 Å². The van der Waals surface area contributed by atoms with Gasteiger partial charge in [-0.25, -0.2) is 0 Å². The number of nitrogens with zero attached hydrogens (tertiary/aromatic N) is 2. The second kappa shape index (κ2) is 6.02. The van der Waals surface area contributed by atoms with E-state index >= 15 is 0 Å². The van der Waals surface area contributed by atoms with Gasteiger partial charge < -0.3 is 11.1 Å². The number of thiocarbonyl (C=S) groups is 1. The highest BCUT2D eigenvalue weighted by atomic mass is 32.1. The van der Waals surface area contributed by atoms with Crippen LogP contribution in [0.3, 0.4) is 0 Å². The van der Waals surface area contributed by atoms with E-state index in [2.05, 4.69) is 14.9 Å². The normalized spacial score (nSPS) is 12.5. The molecule has 7 heteroatoms. The zero-order valence-electron chi connectivity index (χ0n) is 10.1. The van der Waals surface area contributed by atoms with E-state index in [0.29, 0.717) is 22.0 Å². The summed E-state index contributed by atoms with van der Waals surface area (Å²) in [6.45, 7) is 5.84. The largest absolute Gasteiger partial charge is 0.392 e. The molecule has 1 rings (SSSR count). The number of carbonyl (C=O) groups excluding carboxylic acids is 1. The van der Waals surface area contributed by atoms with Crippen molar-refractivity contribution in [1.82, 2.24) is 14.9 Å². The van der Waals surface area contributed by atoms with E-state index in [1.165, 1.54) is 0 Å². The molecule has 0 saturated heterocycles. The molecule has 0 radical (unpaired) electrons. The van der Waals surface area contributed by atoms with Crippen molar-refractivity contribution < 1.29 is 4.79 Å². The smallest absolute Gasteiger partial charge is 0.265 e. The van der Waals surface area contributed by atoms with Crippen molar-refractivity contribution in [3.8, 4) is 0 Å². The number of nitrogens with one attached hydrogen (secondary N) is 1. The molecule has 3 N–H and O–H groups in total. The zero-order chi connectivity index (χ0) is 13.0. The summed E-state index contributed by atoms with van der Waals surface area (Å²) in [7, 11) is 0. The second-order valence-electron chi connectivity index (χ2n) is 4.00. The van der Waals surface area contributed by atoms with E-state index in [4.69, 9.17) is 18.0 Å². The molecule has 1 amide bonds. The Labute approximate surface area is 110 Å². The monoisotopic (exact) mass is 272 g/mol.